The molecular weight excluding hydrogens is 400 g/mol. The SMILES string of the molecule is COc1cc(-c2cccc(C3OC(CO)CC(O)C3O)c2C)ccc1-c1nnc(C)o1. The largest absolute Gasteiger partial charge is 0.496 e. The lowest BCUT2D eigenvalue weighted by molar-refractivity contribution is -0.179. The normalized spacial score (nSPS) is 23.7. The van der Waals surface area contributed by atoms with Gasteiger partial charge in [0.15, 0.2) is 0 Å². The summed E-state index contributed by atoms with van der Waals surface area (Å²) in [6.07, 6.45) is -3.10. The van der Waals surface area contributed by atoms with Gasteiger partial charge in [-0.25, -0.2) is 0 Å². The molecule has 1 aromatic heterocycles. The van der Waals surface area contributed by atoms with Gasteiger partial charge < -0.3 is 29.2 Å². The van der Waals surface area contributed by atoms with Gasteiger partial charge >= 0.3 is 0 Å². The van der Waals surface area contributed by atoms with E-state index in [2.05, 4.69) is 10.2 Å². The van der Waals surface area contributed by atoms with Crippen LogP contribution in [0.25, 0.3) is 22.6 Å². The third kappa shape index (κ3) is 4.07. The summed E-state index contributed by atoms with van der Waals surface area (Å²) in [6, 6.07) is 11.4. The van der Waals surface area contributed by atoms with Crippen LogP contribution in [-0.2, 0) is 4.74 Å². The number of benzene rings is 2. The minimum absolute atomic E-state index is 0.195. The molecule has 1 fully saturated rings. The van der Waals surface area contributed by atoms with Crippen LogP contribution in [0.5, 0.6) is 5.75 Å². The molecule has 1 aliphatic rings. The average Bonchev–Trinajstić information content (AvgIpc) is 3.21. The predicted molar refractivity (Wildman–Crippen MR) is 113 cm³/mol. The Morgan fingerprint density at radius 2 is 1.90 bits per heavy atom. The highest BCUT2D eigenvalue weighted by Crippen LogP contribution is 2.39. The number of ether oxygens (including phenoxy) is 2. The zero-order valence-corrected chi connectivity index (χ0v) is 17.6. The number of aliphatic hydroxyl groups excluding tert-OH is 3. The Kier molecular flexibility index (Phi) is 6.06. The van der Waals surface area contributed by atoms with Gasteiger partial charge in [-0.3, -0.25) is 0 Å². The van der Waals surface area contributed by atoms with Crippen molar-refractivity contribution in [2.24, 2.45) is 0 Å². The fourth-order valence-electron chi connectivity index (χ4n) is 4.04. The molecule has 3 aromatic rings. The first-order valence-corrected chi connectivity index (χ1v) is 10.1. The minimum Gasteiger partial charge on any atom is -0.496 e. The summed E-state index contributed by atoms with van der Waals surface area (Å²) in [5.41, 5.74) is 4.19. The van der Waals surface area contributed by atoms with E-state index in [9.17, 15) is 15.3 Å². The monoisotopic (exact) mass is 426 g/mol. The zero-order valence-electron chi connectivity index (χ0n) is 17.6. The number of rotatable bonds is 5. The highest BCUT2D eigenvalue weighted by Gasteiger charge is 2.38. The summed E-state index contributed by atoms with van der Waals surface area (Å²) < 4.78 is 17.0. The standard InChI is InChI=1S/C23H26N2O6/c1-12-16(5-4-6-17(12)22-21(28)19(27)10-15(11-26)31-22)14-7-8-18(20(9-14)29-3)23-25-24-13(2)30-23/h4-9,15,19,21-22,26-28H,10-11H2,1-3H3. The number of hydrogen-bond donors (Lipinski definition) is 3. The molecule has 2 heterocycles. The van der Waals surface area contributed by atoms with Crippen molar-refractivity contribution < 1.29 is 29.2 Å². The van der Waals surface area contributed by atoms with E-state index in [0.29, 0.717) is 23.1 Å². The molecule has 0 radical (unpaired) electrons. The van der Waals surface area contributed by atoms with Gasteiger partial charge in [0.2, 0.25) is 5.89 Å². The van der Waals surface area contributed by atoms with Crippen LogP contribution in [0.4, 0.5) is 0 Å². The third-order valence-electron chi connectivity index (χ3n) is 5.70. The Balaban J connectivity index is 1.73. The van der Waals surface area contributed by atoms with Gasteiger partial charge in [0, 0.05) is 13.3 Å². The first-order chi connectivity index (χ1) is 14.9. The predicted octanol–water partition coefficient (Wildman–Crippen LogP) is 2.57. The molecule has 0 aliphatic carbocycles. The van der Waals surface area contributed by atoms with Crippen molar-refractivity contribution in [3.05, 3.63) is 53.4 Å². The lowest BCUT2D eigenvalue weighted by atomic mass is 9.88. The average molecular weight is 426 g/mol. The summed E-state index contributed by atoms with van der Waals surface area (Å²) in [4.78, 5) is 0. The molecule has 8 nitrogen and oxygen atoms in total. The Labute approximate surface area is 180 Å². The number of aromatic nitrogens is 2. The van der Waals surface area contributed by atoms with Crippen LogP contribution < -0.4 is 4.74 Å². The van der Waals surface area contributed by atoms with Crippen molar-refractivity contribution >= 4 is 0 Å². The maximum absolute atomic E-state index is 10.5. The fourth-order valence-corrected chi connectivity index (χ4v) is 4.04. The first kappa shape index (κ1) is 21.5. The Bertz CT molecular complexity index is 1070. The Hall–Kier alpha value is -2.78. The van der Waals surface area contributed by atoms with Crippen molar-refractivity contribution in [1.29, 1.82) is 0 Å². The second-order valence-corrected chi connectivity index (χ2v) is 7.72. The molecule has 1 saturated heterocycles. The van der Waals surface area contributed by atoms with Gasteiger partial charge in [-0.05, 0) is 41.3 Å². The summed E-state index contributed by atoms with van der Waals surface area (Å²) in [7, 11) is 1.58. The second kappa shape index (κ2) is 8.76. The van der Waals surface area contributed by atoms with Crippen LogP contribution in [-0.4, -0.2) is 57.5 Å². The van der Waals surface area contributed by atoms with E-state index in [0.717, 1.165) is 22.3 Å². The molecule has 2 aromatic carbocycles. The fraction of sp³-hybridized carbons (Fsp3) is 0.391. The van der Waals surface area contributed by atoms with Crippen molar-refractivity contribution in [2.75, 3.05) is 13.7 Å². The summed E-state index contributed by atoms with van der Waals surface area (Å²) in [5.74, 6) is 1.45. The number of methoxy groups -OCH3 is 1. The van der Waals surface area contributed by atoms with E-state index >= 15 is 0 Å². The quantitative estimate of drug-likeness (QED) is 0.570. The van der Waals surface area contributed by atoms with Gasteiger partial charge in [0.25, 0.3) is 5.89 Å². The van der Waals surface area contributed by atoms with Crippen LogP contribution in [0.15, 0.2) is 40.8 Å². The molecule has 0 bridgehead atoms. The van der Waals surface area contributed by atoms with Crippen molar-refractivity contribution in [1.82, 2.24) is 10.2 Å². The lowest BCUT2D eigenvalue weighted by Gasteiger charge is -2.37. The van der Waals surface area contributed by atoms with E-state index in [-0.39, 0.29) is 13.0 Å². The number of hydrogen-bond acceptors (Lipinski definition) is 8. The van der Waals surface area contributed by atoms with E-state index in [1.54, 1.807) is 14.0 Å². The van der Waals surface area contributed by atoms with Gasteiger partial charge in [0.05, 0.1) is 31.5 Å². The molecule has 0 saturated carbocycles. The van der Waals surface area contributed by atoms with E-state index in [1.807, 2.05) is 43.3 Å². The Morgan fingerprint density at radius 3 is 2.58 bits per heavy atom. The van der Waals surface area contributed by atoms with E-state index in [4.69, 9.17) is 13.9 Å². The van der Waals surface area contributed by atoms with E-state index in [1.165, 1.54) is 0 Å². The maximum Gasteiger partial charge on any atom is 0.251 e. The Morgan fingerprint density at radius 1 is 1.10 bits per heavy atom. The van der Waals surface area contributed by atoms with Gasteiger partial charge in [0.1, 0.15) is 18.0 Å². The number of aliphatic hydroxyl groups is 3. The smallest absolute Gasteiger partial charge is 0.251 e. The molecule has 3 N–H and O–H groups in total. The van der Waals surface area contributed by atoms with Gasteiger partial charge in [-0.1, -0.05) is 24.3 Å². The highest BCUT2D eigenvalue weighted by atomic mass is 16.5. The van der Waals surface area contributed by atoms with Gasteiger partial charge in [-0.15, -0.1) is 10.2 Å². The minimum atomic E-state index is -1.07. The molecule has 4 unspecified atom stereocenters. The number of aryl methyl sites for hydroxylation is 1. The lowest BCUT2D eigenvalue weighted by Crippen LogP contribution is -2.44. The molecule has 8 heteroatoms. The van der Waals surface area contributed by atoms with Crippen molar-refractivity contribution in [3.63, 3.8) is 0 Å². The van der Waals surface area contributed by atoms with Crippen LogP contribution >= 0.6 is 0 Å². The molecule has 0 spiro atoms. The molecule has 4 atom stereocenters. The van der Waals surface area contributed by atoms with Gasteiger partial charge in [-0.2, -0.15) is 0 Å². The van der Waals surface area contributed by atoms with Crippen LogP contribution in [0.2, 0.25) is 0 Å². The van der Waals surface area contributed by atoms with Crippen molar-refractivity contribution in [2.45, 2.75) is 44.7 Å². The number of nitrogens with zero attached hydrogens (tertiary/aromatic N) is 2. The summed E-state index contributed by atoms with van der Waals surface area (Å²) in [5, 5.41) is 38.2. The molecular formula is C23H26N2O6. The highest BCUT2D eigenvalue weighted by molar-refractivity contribution is 5.75. The summed E-state index contributed by atoms with van der Waals surface area (Å²) >= 11 is 0. The molecule has 31 heavy (non-hydrogen) atoms. The second-order valence-electron chi connectivity index (χ2n) is 7.72. The van der Waals surface area contributed by atoms with Crippen molar-refractivity contribution in [3.8, 4) is 28.3 Å². The van der Waals surface area contributed by atoms with Crippen LogP contribution in [0.3, 0.4) is 0 Å². The zero-order chi connectivity index (χ0) is 22.1. The molecule has 164 valence electrons. The summed E-state index contributed by atoms with van der Waals surface area (Å²) in [6.45, 7) is 3.45. The third-order valence-corrected chi connectivity index (χ3v) is 5.70. The molecule has 0 amide bonds. The molecule has 4 rings (SSSR count). The van der Waals surface area contributed by atoms with Crippen LogP contribution in [0.1, 0.15) is 29.5 Å². The first-order valence-electron chi connectivity index (χ1n) is 10.1. The topological polar surface area (TPSA) is 118 Å². The van der Waals surface area contributed by atoms with E-state index < -0.39 is 24.4 Å². The van der Waals surface area contributed by atoms with Crippen LogP contribution in [0, 0.1) is 13.8 Å². The molecule has 1 aliphatic heterocycles. The maximum atomic E-state index is 10.5.